The summed E-state index contributed by atoms with van der Waals surface area (Å²) < 4.78 is 24.8. The molecule has 3 nitrogen and oxygen atoms in total. The summed E-state index contributed by atoms with van der Waals surface area (Å²) in [7, 11) is 0. The van der Waals surface area contributed by atoms with Crippen LogP contribution in [-0.2, 0) is 6.61 Å². The molecule has 0 fully saturated rings. The van der Waals surface area contributed by atoms with Gasteiger partial charge in [0, 0.05) is 5.56 Å². The summed E-state index contributed by atoms with van der Waals surface area (Å²) in [5.74, 6) is 0. The number of anilines is 1. The number of alkyl halides is 2. The summed E-state index contributed by atoms with van der Waals surface area (Å²) in [5, 5.41) is 8.61. The number of nitrogens with two attached hydrogens (primary N) is 1. The lowest BCUT2D eigenvalue weighted by Crippen LogP contribution is -2.03. The van der Waals surface area contributed by atoms with Crippen molar-refractivity contribution in [1.82, 2.24) is 4.98 Å². The monoisotopic (exact) mass is 208 g/mol. The number of hydrogen-bond donors (Lipinski definition) is 2. The molecule has 0 saturated carbocycles. The Balaban J connectivity index is 3.35. The van der Waals surface area contributed by atoms with E-state index in [9.17, 15) is 8.78 Å². The molecule has 0 aliphatic carbocycles. The standard InChI is InChI=1S/C7H7ClF2N2O/c8-6-3(2-13)5(7(9)10)4(11)1-12-6/h1,7,13H,2,11H2. The summed E-state index contributed by atoms with van der Waals surface area (Å²) >= 11 is 5.49. The van der Waals surface area contributed by atoms with Gasteiger partial charge < -0.3 is 10.8 Å². The zero-order valence-corrected chi connectivity index (χ0v) is 7.22. The summed E-state index contributed by atoms with van der Waals surface area (Å²) in [6.07, 6.45) is -1.72. The minimum absolute atomic E-state index is 0.114. The van der Waals surface area contributed by atoms with Gasteiger partial charge in [-0.05, 0) is 0 Å². The summed E-state index contributed by atoms with van der Waals surface area (Å²) in [5.41, 5.74) is 4.53. The quantitative estimate of drug-likeness (QED) is 0.728. The average Bonchev–Trinajstić information content (AvgIpc) is 2.07. The Bertz CT molecular complexity index is 320. The molecule has 1 aromatic heterocycles. The maximum absolute atomic E-state index is 12.4. The van der Waals surface area contributed by atoms with Crippen molar-refractivity contribution in [3.05, 3.63) is 22.5 Å². The summed E-state index contributed by atoms with van der Waals surface area (Å²) in [4.78, 5) is 3.54. The van der Waals surface area contributed by atoms with Crippen LogP contribution >= 0.6 is 11.6 Å². The molecule has 1 rings (SSSR count). The first-order valence-electron chi connectivity index (χ1n) is 3.39. The Morgan fingerprint density at radius 1 is 1.62 bits per heavy atom. The molecule has 13 heavy (non-hydrogen) atoms. The van der Waals surface area contributed by atoms with Gasteiger partial charge in [-0.3, -0.25) is 0 Å². The number of nitrogens with zero attached hydrogens (tertiary/aromatic N) is 1. The van der Waals surface area contributed by atoms with Crippen LogP contribution in [0.5, 0.6) is 0 Å². The molecule has 0 bridgehead atoms. The number of pyridine rings is 1. The molecule has 0 amide bonds. The van der Waals surface area contributed by atoms with Gasteiger partial charge in [0.1, 0.15) is 5.15 Å². The first kappa shape index (κ1) is 10.1. The molecule has 0 unspecified atom stereocenters. The van der Waals surface area contributed by atoms with Crippen molar-refractivity contribution in [2.45, 2.75) is 13.0 Å². The van der Waals surface area contributed by atoms with Crippen molar-refractivity contribution in [1.29, 1.82) is 0 Å². The molecule has 0 aliphatic rings. The minimum Gasteiger partial charge on any atom is -0.397 e. The predicted octanol–water partition coefficient (Wildman–Crippen LogP) is 1.75. The molecular weight excluding hydrogens is 202 g/mol. The Labute approximate surface area is 78.1 Å². The highest BCUT2D eigenvalue weighted by Crippen LogP contribution is 2.31. The normalized spacial score (nSPS) is 10.8. The number of aromatic nitrogens is 1. The van der Waals surface area contributed by atoms with Crippen molar-refractivity contribution in [2.24, 2.45) is 0 Å². The molecule has 0 aromatic carbocycles. The van der Waals surface area contributed by atoms with E-state index in [1.54, 1.807) is 0 Å². The molecule has 0 atom stereocenters. The topological polar surface area (TPSA) is 59.1 Å². The lowest BCUT2D eigenvalue weighted by Gasteiger charge is -2.09. The van der Waals surface area contributed by atoms with Crippen LogP contribution in [0.1, 0.15) is 17.6 Å². The minimum atomic E-state index is -2.76. The number of rotatable bonds is 2. The number of aliphatic hydroxyl groups excluding tert-OH is 1. The molecule has 1 aromatic rings. The third kappa shape index (κ3) is 1.87. The van der Waals surface area contributed by atoms with E-state index < -0.39 is 18.6 Å². The van der Waals surface area contributed by atoms with Crippen molar-refractivity contribution in [2.75, 3.05) is 5.73 Å². The van der Waals surface area contributed by atoms with Crippen LogP contribution < -0.4 is 5.73 Å². The van der Waals surface area contributed by atoms with Crippen molar-refractivity contribution in [3.8, 4) is 0 Å². The van der Waals surface area contributed by atoms with E-state index in [1.807, 2.05) is 0 Å². The van der Waals surface area contributed by atoms with E-state index in [1.165, 1.54) is 0 Å². The van der Waals surface area contributed by atoms with Gasteiger partial charge in [-0.2, -0.15) is 0 Å². The Morgan fingerprint density at radius 3 is 2.62 bits per heavy atom. The zero-order chi connectivity index (χ0) is 10.0. The van der Waals surface area contributed by atoms with Gasteiger partial charge >= 0.3 is 0 Å². The fourth-order valence-electron chi connectivity index (χ4n) is 0.967. The molecule has 6 heteroatoms. The number of hydrogen-bond acceptors (Lipinski definition) is 3. The number of aliphatic hydroxyl groups is 1. The van der Waals surface area contributed by atoms with Gasteiger partial charge in [0.25, 0.3) is 6.43 Å². The first-order chi connectivity index (χ1) is 6.07. The van der Waals surface area contributed by atoms with Crippen LogP contribution in [0.4, 0.5) is 14.5 Å². The molecule has 0 radical (unpaired) electrons. The fraction of sp³-hybridized carbons (Fsp3) is 0.286. The van der Waals surface area contributed by atoms with Gasteiger partial charge in [-0.1, -0.05) is 11.6 Å². The number of nitrogen functional groups attached to an aromatic ring is 1. The molecule has 72 valence electrons. The van der Waals surface area contributed by atoms with Gasteiger partial charge in [-0.15, -0.1) is 0 Å². The SMILES string of the molecule is Nc1cnc(Cl)c(CO)c1C(F)F. The van der Waals surface area contributed by atoms with E-state index in [0.717, 1.165) is 6.20 Å². The van der Waals surface area contributed by atoms with Gasteiger partial charge in [0.2, 0.25) is 0 Å². The second kappa shape index (κ2) is 3.85. The fourth-order valence-corrected chi connectivity index (χ4v) is 1.18. The molecule has 1 heterocycles. The second-order valence-electron chi connectivity index (χ2n) is 2.36. The Morgan fingerprint density at radius 2 is 2.23 bits per heavy atom. The van der Waals surface area contributed by atoms with Crippen LogP contribution in [-0.4, -0.2) is 10.1 Å². The van der Waals surface area contributed by atoms with Crippen molar-refractivity contribution >= 4 is 17.3 Å². The maximum atomic E-state index is 12.4. The van der Waals surface area contributed by atoms with E-state index in [0.29, 0.717) is 0 Å². The highest BCUT2D eigenvalue weighted by atomic mass is 35.5. The Hall–Kier alpha value is -0.940. The Kier molecular flexibility index (Phi) is 3.00. The van der Waals surface area contributed by atoms with Crippen LogP contribution in [0, 0.1) is 0 Å². The molecular formula is C7H7ClF2N2O. The van der Waals surface area contributed by atoms with E-state index in [2.05, 4.69) is 4.98 Å². The van der Waals surface area contributed by atoms with Crippen LogP contribution in [0.3, 0.4) is 0 Å². The number of halogens is 3. The van der Waals surface area contributed by atoms with Crippen molar-refractivity contribution in [3.63, 3.8) is 0 Å². The van der Waals surface area contributed by atoms with Crippen LogP contribution in [0.15, 0.2) is 6.20 Å². The highest BCUT2D eigenvalue weighted by Gasteiger charge is 2.19. The molecule has 0 spiro atoms. The van der Waals surface area contributed by atoms with Gasteiger partial charge in [-0.25, -0.2) is 13.8 Å². The van der Waals surface area contributed by atoms with Gasteiger partial charge in [0.05, 0.1) is 24.1 Å². The van der Waals surface area contributed by atoms with E-state index in [-0.39, 0.29) is 16.4 Å². The lowest BCUT2D eigenvalue weighted by molar-refractivity contribution is 0.148. The zero-order valence-electron chi connectivity index (χ0n) is 6.47. The summed E-state index contributed by atoms with van der Waals surface area (Å²) in [6.45, 7) is -0.601. The van der Waals surface area contributed by atoms with Gasteiger partial charge in [0.15, 0.2) is 0 Å². The molecule has 0 aliphatic heterocycles. The maximum Gasteiger partial charge on any atom is 0.266 e. The first-order valence-corrected chi connectivity index (χ1v) is 3.77. The third-order valence-corrected chi connectivity index (χ3v) is 1.90. The largest absolute Gasteiger partial charge is 0.397 e. The second-order valence-corrected chi connectivity index (χ2v) is 2.71. The smallest absolute Gasteiger partial charge is 0.266 e. The van der Waals surface area contributed by atoms with Crippen LogP contribution in [0.2, 0.25) is 5.15 Å². The predicted molar refractivity (Wildman–Crippen MR) is 44.5 cm³/mol. The van der Waals surface area contributed by atoms with E-state index in [4.69, 9.17) is 22.4 Å². The van der Waals surface area contributed by atoms with E-state index >= 15 is 0 Å². The molecule has 3 N–H and O–H groups in total. The average molecular weight is 209 g/mol. The molecule has 0 saturated heterocycles. The third-order valence-electron chi connectivity index (χ3n) is 1.58. The van der Waals surface area contributed by atoms with Crippen molar-refractivity contribution < 1.29 is 13.9 Å². The summed E-state index contributed by atoms with van der Waals surface area (Å²) in [6, 6.07) is 0. The van der Waals surface area contributed by atoms with Crippen LogP contribution in [0.25, 0.3) is 0 Å². The lowest BCUT2D eigenvalue weighted by atomic mass is 10.1. The highest BCUT2D eigenvalue weighted by molar-refractivity contribution is 6.30.